The predicted octanol–water partition coefficient (Wildman–Crippen LogP) is 7.24. The summed E-state index contributed by atoms with van der Waals surface area (Å²) in [6, 6.07) is 31.2. The van der Waals surface area contributed by atoms with Gasteiger partial charge in [-0.05, 0) is 63.5 Å². The molecule has 2 aliphatic rings. The molecule has 2 heteroatoms. The Bertz CT molecular complexity index is 1840. The summed E-state index contributed by atoms with van der Waals surface area (Å²) in [5.41, 5.74) is 6.54. The van der Waals surface area contributed by atoms with E-state index < -0.39 is 0 Å². The van der Waals surface area contributed by atoms with Crippen LogP contribution in [0.25, 0.3) is 54.5 Å². The maximum atomic E-state index is 6.64. The summed E-state index contributed by atoms with van der Waals surface area (Å²) in [6.45, 7) is 5.25. The number of rotatable bonds is 0. The molecule has 0 unspecified atom stereocenters. The van der Waals surface area contributed by atoms with E-state index in [2.05, 4.69) is 103 Å². The van der Waals surface area contributed by atoms with Gasteiger partial charge in [-0.3, -0.25) is 0 Å². The van der Waals surface area contributed by atoms with Gasteiger partial charge in [-0.25, -0.2) is 0 Å². The Balaban J connectivity index is 1.57. The van der Waals surface area contributed by atoms with Gasteiger partial charge in [0.2, 0.25) is 11.2 Å². The van der Waals surface area contributed by atoms with Gasteiger partial charge in [-0.1, -0.05) is 62.4 Å². The second-order valence-corrected chi connectivity index (χ2v) is 10.0. The number of hydrogen-bond donors (Lipinski definition) is 0. The minimum absolute atomic E-state index is 0.0888. The molecule has 0 spiro atoms. The Morgan fingerprint density at radius 2 is 1.36 bits per heavy atom. The largest absolute Gasteiger partial charge is 0.434 e. The lowest BCUT2D eigenvalue weighted by Gasteiger charge is -2.21. The number of hydrogen-bond acceptors (Lipinski definition) is 1. The van der Waals surface area contributed by atoms with Crippen molar-refractivity contribution >= 4 is 43.2 Å². The van der Waals surface area contributed by atoms with Crippen molar-refractivity contribution in [1.29, 1.82) is 0 Å². The molecule has 5 aromatic carbocycles. The van der Waals surface area contributed by atoms with Gasteiger partial charge in [0.25, 0.3) is 6.73 Å². The van der Waals surface area contributed by atoms with E-state index >= 15 is 0 Å². The number of pyridine rings is 1. The van der Waals surface area contributed by atoms with E-state index in [-0.39, 0.29) is 5.41 Å². The quantitative estimate of drug-likeness (QED) is 0.142. The van der Waals surface area contributed by atoms with Crippen LogP contribution in [-0.4, -0.2) is 0 Å². The molecule has 8 rings (SSSR count). The number of ether oxygens (including phenoxy) is 1. The molecule has 0 fully saturated rings. The Morgan fingerprint density at radius 3 is 2.21 bits per heavy atom. The molecular weight excluding hydrogens is 402 g/mol. The first-order valence-electron chi connectivity index (χ1n) is 11.6. The lowest BCUT2D eigenvalue weighted by molar-refractivity contribution is -0.692. The van der Waals surface area contributed by atoms with Crippen LogP contribution in [-0.2, 0) is 12.1 Å². The maximum Gasteiger partial charge on any atom is 0.293 e. The van der Waals surface area contributed by atoms with Crippen molar-refractivity contribution in [3.8, 4) is 17.0 Å². The average molecular weight is 425 g/mol. The van der Waals surface area contributed by atoms with E-state index in [1.807, 2.05) is 0 Å². The number of nitrogens with zero attached hydrogens (tertiary/aromatic N) is 1. The highest BCUT2D eigenvalue weighted by Gasteiger charge is 2.47. The molecule has 0 amide bonds. The molecule has 6 aromatic rings. The molecule has 156 valence electrons. The highest BCUT2D eigenvalue weighted by molar-refractivity contribution is 6.08. The summed E-state index contributed by atoms with van der Waals surface area (Å²) in [5.74, 6) is 1.04. The molecule has 2 nitrogen and oxygen atoms in total. The molecule has 2 heterocycles. The minimum Gasteiger partial charge on any atom is -0.434 e. The zero-order chi connectivity index (χ0) is 21.9. The van der Waals surface area contributed by atoms with Crippen molar-refractivity contribution in [3.05, 3.63) is 96.1 Å². The molecule has 0 atom stereocenters. The second kappa shape index (κ2) is 5.71. The van der Waals surface area contributed by atoms with E-state index in [1.54, 1.807) is 0 Å². The van der Waals surface area contributed by atoms with Crippen LogP contribution in [0.4, 0.5) is 0 Å². The van der Waals surface area contributed by atoms with Crippen molar-refractivity contribution < 1.29 is 9.30 Å². The van der Waals surface area contributed by atoms with Crippen molar-refractivity contribution in [1.82, 2.24) is 0 Å². The fraction of sp³-hybridized carbons (Fsp3) is 0.129. The minimum atomic E-state index is -0.0888. The van der Waals surface area contributed by atoms with Crippen LogP contribution < -0.4 is 9.30 Å². The first-order valence-corrected chi connectivity index (χ1v) is 11.6. The summed E-state index contributed by atoms with van der Waals surface area (Å²) in [4.78, 5) is 0. The van der Waals surface area contributed by atoms with Gasteiger partial charge in [-0.2, -0.15) is 4.57 Å². The molecule has 0 saturated heterocycles. The van der Waals surface area contributed by atoms with E-state index in [4.69, 9.17) is 4.74 Å². The molecule has 1 aliphatic heterocycles. The Hall–Kier alpha value is -3.91. The van der Waals surface area contributed by atoms with Crippen LogP contribution in [0.5, 0.6) is 5.75 Å². The van der Waals surface area contributed by atoms with Crippen LogP contribution in [0.3, 0.4) is 0 Å². The summed E-state index contributed by atoms with van der Waals surface area (Å²) in [7, 11) is 0. The fourth-order valence-corrected chi connectivity index (χ4v) is 6.26. The molecular formula is C31H22NO+. The van der Waals surface area contributed by atoms with E-state index in [0.29, 0.717) is 6.73 Å². The summed E-state index contributed by atoms with van der Waals surface area (Å²) in [6.07, 6.45) is 0. The summed E-state index contributed by atoms with van der Waals surface area (Å²) in [5, 5.41) is 8.81. The third-order valence-electron chi connectivity index (χ3n) is 7.91. The Kier molecular flexibility index (Phi) is 3.05. The smallest absolute Gasteiger partial charge is 0.293 e. The SMILES string of the molecule is CC1(C)c2cc3cc4ccccc4cc3c3c2-c2c1cc1ccc4ccccc4c1[n+]2CO3. The van der Waals surface area contributed by atoms with Crippen molar-refractivity contribution in [2.24, 2.45) is 0 Å². The van der Waals surface area contributed by atoms with Crippen LogP contribution in [0.2, 0.25) is 0 Å². The maximum absolute atomic E-state index is 6.64. The third kappa shape index (κ3) is 2.07. The van der Waals surface area contributed by atoms with Gasteiger partial charge in [0.05, 0.1) is 10.9 Å². The highest BCUT2D eigenvalue weighted by atomic mass is 16.5. The topological polar surface area (TPSA) is 13.1 Å². The second-order valence-electron chi connectivity index (χ2n) is 10.0. The van der Waals surface area contributed by atoms with Crippen molar-refractivity contribution in [2.45, 2.75) is 26.0 Å². The monoisotopic (exact) mass is 424 g/mol. The van der Waals surface area contributed by atoms with E-state index in [0.717, 1.165) is 5.75 Å². The van der Waals surface area contributed by atoms with Gasteiger partial charge in [0.15, 0.2) is 0 Å². The van der Waals surface area contributed by atoms with Gasteiger partial charge in [0, 0.05) is 21.8 Å². The lowest BCUT2D eigenvalue weighted by Crippen LogP contribution is -2.43. The van der Waals surface area contributed by atoms with Crippen LogP contribution in [0.15, 0.2) is 84.9 Å². The lowest BCUT2D eigenvalue weighted by atomic mass is 9.81. The predicted molar refractivity (Wildman–Crippen MR) is 135 cm³/mol. The first-order chi connectivity index (χ1) is 16.1. The summed E-state index contributed by atoms with van der Waals surface area (Å²) < 4.78 is 9.06. The highest BCUT2D eigenvalue weighted by Crippen LogP contribution is 2.55. The average Bonchev–Trinajstić information content (AvgIpc) is 3.07. The molecule has 0 saturated carbocycles. The van der Waals surface area contributed by atoms with Gasteiger partial charge < -0.3 is 4.74 Å². The zero-order valence-electron chi connectivity index (χ0n) is 18.6. The standard InChI is InChI=1S/C31H22NO/c1-31(2)25-16-22-13-19-8-3-4-9-20(19)14-24(22)30-27(25)29-26(31)15-21-12-11-18-7-5-6-10-23(18)28(21)32(29)17-33-30/h3-16H,17H2,1-2H3/q+1. The molecule has 33 heavy (non-hydrogen) atoms. The molecule has 1 aliphatic carbocycles. The molecule has 1 aromatic heterocycles. The van der Waals surface area contributed by atoms with Crippen LogP contribution in [0, 0.1) is 0 Å². The van der Waals surface area contributed by atoms with Crippen LogP contribution >= 0.6 is 0 Å². The van der Waals surface area contributed by atoms with Gasteiger partial charge in [0.1, 0.15) is 5.75 Å². The van der Waals surface area contributed by atoms with Crippen molar-refractivity contribution in [2.75, 3.05) is 0 Å². The third-order valence-corrected chi connectivity index (χ3v) is 7.91. The van der Waals surface area contributed by atoms with Crippen molar-refractivity contribution in [3.63, 3.8) is 0 Å². The van der Waals surface area contributed by atoms with Gasteiger partial charge in [-0.15, -0.1) is 0 Å². The Morgan fingerprint density at radius 1 is 0.667 bits per heavy atom. The number of aromatic nitrogens is 1. The van der Waals surface area contributed by atoms with Gasteiger partial charge >= 0.3 is 0 Å². The molecule has 0 bridgehead atoms. The molecule has 0 N–H and O–H groups in total. The number of fused-ring (bicyclic) bond motifs is 7. The molecule has 0 radical (unpaired) electrons. The Labute approximate surface area is 191 Å². The van der Waals surface area contributed by atoms with E-state index in [9.17, 15) is 0 Å². The normalized spacial score (nSPS) is 15.3. The fourth-order valence-electron chi connectivity index (χ4n) is 6.26. The van der Waals surface area contributed by atoms with E-state index in [1.165, 1.54) is 65.6 Å². The summed E-state index contributed by atoms with van der Waals surface area (Å²) >= 11 is 0. The first kappa shape index (κ1) is 17.6. The number of benzene rings is 5. The van der Waals surface area contributed by atoms with Crippen LogP contribution in [0.1, 0.15) is 25.0 Å². The zero-order valence-corrected chi connectivity index (χ0v) is 18.6.